The first-order valence-electron chi connectivity index (χ1n) is 3.73. The molecule has 0 amide bonds. The molecule has 0 aromatic carbocycles. The molecule has 7 heteroatoms. The maximum atomic E-state index is 11.8. The van der Waals surface area contributed by atoms with Crippen LogP contribution in [0.4, 0.5) is 8.78 Å². The minimum Gasteiger partial charge on any atom is -0.396 e. The van der Waals surface area contributed by atoms with Crippen molar-refractivity contribution < 1.29 is 22.3 Å². The van der Waals surface area contributed by atoms with Crippen LogP contribution >= 0.6 is 0 Å². The number of halogens is 2. The van der Waals surface area contributed by atoms with Crippen LogP contribution in [-0.2, 0) is 10.0 Å². The van der Waals surface area contributed by atoms with E-state index in [9.17, 15) is 17.2 Å². The van der Waals surface area contributed by atoms with Gasteiger partial charge in [0.05, 0.1) is 12.3 Å². The summed E-state index contributed by atoms with van der Waals surface area (Å²) in [5, 5.41) is 8.36. The van der Waals surface area contributed by atoms with E-state index in [0.717, 1.165) is 7.05 Å². The largest absolute Gasteiger partial charge is 0.396 e. The highest BCUT2D eigenvalue weighted by Crippen LogP contribution is 2.03. The fraction of sp³-hybridized carbons (Fsp3) is 1.00. The zero-order valence-corrected chi connectivity index (χ0v) is 8.10. The Morgan fingerprint density at radius 1 is 1.46 bits per heavy atom. The Kier molecular flexibility index (Phi) is 5.34. The molecule has 0 radical (unpaired) electrons. The molecule has 0 spiro atoms. The molecular formula is C6H13F2NO3S. The van der Waals surface area contributed by atoms with Gasteiger partial charge in [-0.1, -0.05) is 0 Å². The van der Waals surface area contributed by atoms with Crippen LogP contribution in [0.25, 0.3) is 0 Å². The van der Waals surface area contributed by atoms with Gasteiger partial charge in [0.25, 0.3) is 6.43 Å². The van der Waals surface area contributed by atoms with Crippen molar-refractivity contribution in [3.63, 3.8) is 0 Å². The SMILES string of the molecule is CN(CC(F)F)S(=O)(=O)CCCO. The van der Waals surface area contributed by atoms with Crippen LogP contribution < -0.4 is 0 Å². The molecular weight excluding hydrogens is 204 g/mol. The van der Waals surface area contributed by atoms with E-state index in [0.29, 0.717) is 4.31 Å². The highest BCUT2D eigenvalue weighted by molar-refractivity contribution is 7.89. The van der Waals surface area contributed by atoms with Gasteiger partial charge in [0.15, 0.2) is 0 Å². The third-order valence-electron chi connectivity index (χ3n) is 1.43. The molecule has 0 aliphatic heterocycles. The molecule has 80 valence electrons. The van der Waals surface area contributed by atoms with Crippen molar-refractivity contribution in [2.45, 2.75) is 12.8 Å². The Morgan fingerprint density at radius 3 is 2.38 bits per heavy atom. The minimum absolute atomic E-state index is 0.0654. The quantitative estimate of drug-likeness (QED) is 0.675. The van der Waals surface area contributed by atoms with E-state index in [-0.39, 0.29) is 18.8 Å². The third-order valence-corrected chi connectivity index (χ3v) is 3.33. The molecule has 0 aliphatic carbocycles. The number of rotatable bonds is 6. The maximum Gasteiger partial charge on any atom is 0.252 e. The molecule has 13 heavy (non-hydrogen) atoms. The van der Waals surface area contributed by atoms with Gasteiger partial charge in [0, 0.05) is 13.7 Å². The van der Waals surface area contributed by atoms with Crippen molar-refractivity contribution in [2.24, 2.45) is 0 Å². The van der Waals surface area contributed by atoms with Crippen molar-refractivity contribution >= 4 is 10.0 Å². The summed E-state index contributed by atoms with van der Waals surface area (Å²) in [5.41, 5.74) is 0. The van der Waals surface area contributed by atoms with Crippen LogP contribution in [0.2, 0.25) is 0 Å². The molecule has 0 aliphatic rings. The highest BCUT2D eigenvalue weighted by Gasteiger charge is 2.20. The number of alkyl halides is 2. The minimum atomic E-state index is -3.62. The van der Waals surface area contributed by atoms with Gasteiger partial charge in [-0.05, 0) is 6.42 Å². The summed E-state index contributed by atoms with van der Waals surface area (Å²) >= 11 is 0. The lowest BCUT2D eigenvalue weighted by Gasteiger charge is -2.15. The molecule has 0 unspecified atom stereocenters. The van der Waals surface area contributed by atoms with Crippen molar-refractivity contribution in [1.82, 2.24) is 4.31 Å². The average molecular weight is 217 g/mol. The van der Waals surface area contributed by atoms with E-state index in [1.54, 1.807) is 0 Å². The van der Waals surface area contributed by atoms with E-state index in [4.69, 9.17) is 5.11 Å². The number of nitrogens with zero attached hydrogens (tertiary/aromatic N) is 1. The van der Waals surface area contributed by atoms with Crippen LogP contribution in [0, 0.1) is 0 Å². The molecule has 0 aromatic rings. The summed E-state index contributed by atoms with van der Waals surface area (Å²) in [4.78, 5) is 0. The van der Waals surface area contributed by atoms with E-state index in [2.05, 4.69) is 0 Å². The fourth-order valence-corrected chi connectivity index (χ4v) is 1.86. The molecule has 0 heterocycles. The van der Waals surface area contributed by atoms with Crippen molar-refractivity contribution in [2.75, 3.05) is 26.0 Å². The smallest absolute Gasteiger partial charge is 0.252 e. The first-order valence-corrected chi connectivity index (χ1v) is 5.34. The van der Waals surface area contributed by atoms with Crippen LogP contribution in [0.1, 0.15) is 6.42 Å². The number of aliphatic hydroxyl groups is 1. The molecule has 0 saturated carbocycles. The molecule has 0 saturated heterocycles. The van der Waals surface area contributed by atoms with Gasteiger partial charge in [-0.2, -0.15) is 4.31 Å². The third kappa shape index (κ3) is 5.12. The number of hydrogen-bond acceptors (Lipinski definition) is 3. The molecule has 0 rings (SSSR count). The van der Waals surface area contributed by atoms with Gasteiger partial charge in [-0.15, -0.1) is 0 Å². The fourth-order valence-electron chi connectivity index (χ4n) is 0.711. The van der Waals surface area contributed by atoms with Gasteiger partial charge >= 0.3 is 0 Å². The van der Waals surface area contributed by atoms with E-state index >= 15 is 0 Å². The van der Waals surface area contributed by atoms with Gasteiger partial charge in [-0.3, -0.25) is 0 Å². The van der Waals surface area contributed by atoms with Gasteiger partial charge in [0.2, 0.25) is 10.0 Å². The Morgan fingerprint density at radius 2 is 2.00 bits per heavy atom. The van der Waals surface area contributed by atoms with Crippen LogP contribution in [0.5, 0.6) is 0 Å². The van der Waals surface area contributed by atoms with E-state index in [1.807, 2.05) is 0 Å². The summed E-state index contributed by atoms with van der Waals surface area (Å²) in [7, 11) is -2.53. The van der Waals surface area contributed by atoms with Crippen LogP contribution in [-0.4, -0.2) is 50.2 Å². The molecule has 0 aromatic heterocycles. The second-order valence-corrected chi connectivity index (χ2v) is 4.76. The summed E-state index contributed by atoms with van der Waals surface area (Å²) < 4.78 is 46.4. The number of aliphatic hydroxyl groups excluding tert-OH is 1. The Hall–Kier alpha value is -0.270. The first-order chi connectivity index (χ1) is 5.90. The van der Waals surface area contributed by atoms with Gasteiger partial charge in [0.1, 0.15) is 0 Å². The molecule has 1 N–H and O–H groups in total. The summed E-state index contributed by atoms with van der Waals surface area (Å²) in [6.07, 6.45) is -2.61. The topological polar surface area (TPSA) is 57.6 Å². The van der Waals surface area contributed by atoms with Crippen LogP contribution in [0.3, 0.4) is 0 Å². The lowest BCUT2D eigenvalue weighted by Crippen LogP contribution is -2.33. The summed E-state index contributed by atoms with van der Waals surface area (Å²) in [6.45, 7) is -1.06. The predicted molar refractivity (Wildman–Crippen MR) is 44.1 cm³/mol. The standard InChI is InChI=1S/C6H13F2NO3S/c1-9(5-6(7)8)13(11,12)4-2-3-10/h6,10H,2-5H2,1H3. The van der Waals surface area contributed by atoms with Crippen molar-refractivity contribution in [1.29, 1.82) is 0 Å². The number of hydrogen-bond donors (Lipinski definition) is 1. The lowest BCUT2D eigenvalue weighted by molar-refractivity contribution is 0.126. The number of sulfonamides is 1. The van der Waals surface area contributed by atoms with Crippen LogP contribution in [0.15, 0.2) is 0 Å². The monoisotopic (exact) mass is 217 g/mol. The molecule has 4 nitrogen and oxygen atoms in total. The predicted octanol–water partition coefficient (Wildman–Crippen LogP) is -0.104. The first kappa shape index (κ1) is 12.7. The molecule has 0 atom stereocenters. The zero-order chi connectivity index (χ0) is 10.5. The zero-order valence-electron chi connectivity index (χ0n) is 7.28. The second kappa shape index (κ2) is 5.46. The molecule has 0 bridgehead atoms. The Bertz CT molecular complexity index is 230. The average Bonchev–Trinajstić information content (AvgIpc) is 1.99. The second-order valence-electron chi connectivity index (χ2n) is 2.56. The van der Waals surface area contributed by atoms with Crippen molar-refractivity contribution in [3.8, 4) is 0 Å². The van der Waals surface area contributed by atoms with Crippen molar-refractivity contribution in [3.05, 3.63) is 0 Å². The van der Waals surface area contributed by atoms with Gasteiger partial charge in [-0.25, -0.2) is 17.2 Å². The van der Waals surface area contributed by atoms with E-state index < -0.39 is 23.0 Å². The lowest BCUT2D eigenvalue weighted by atomic mass is 10.5. The normalized spacial score (nSPS) is 12.8. The Balaban J connectivity index is 4.12. The van der Waals surface area contributed by atoms with Gasteiger partial charge < -0.3 is 5.11 Å². The molecule has 0 fully saturated rings. The summed E-state index contributed by atoms with van der Waals surface area (Å²) in [6, 6.07) is 0. The maximum absolute atomic E-state index is 11.8. The Labute approximate surface area is 76.2 Å². The highest BCUT2D eigenvalue weighted by atomic mass is 32.2. The van der Waals surface area contributed by atoms with E-state index in [1.165, 1.54) is 0 Å². The summed E-state index contributed by atoms with van der Waals surface area (Å²) in [5.74, 6) is -0.299.